The molecule has 0 heterocycles. The number of unbranched alkanes of at least 4 members (excludes halogenated alkanes) is 1. The summed E-state index contributed by atoms with van der Waals surface area (Å²) in [6.07, 6.45) is 1.97. The number of rotatable bonds is 13. The maximum atomic E-state index is 14.1. The molecule has 2 amide bonds. The first-order valence-electron chi connectivity index (χ1n) is 13.0. The number of nitrogens with one attached hydrogen (secondary N) is 1. The van der Waals surface area contributed by atoms with Crippen LogP contribution in [-0.4, -0.2) is 44.3 Å². The Labute approximate surface area is 261 Å². The Morgan fingerprint density at radius 2 is 1.59 bits per heavy atom. The number of hydrogen-bond acceptors (Lipinski definition) is 4. The summed E-state index contributed by atoms with van der Waals surface area (Å²) in [5, 5.41) is 4.18. The molecule has 0 fully saturated rings. The first-order valence-corrected chi connectivity index (χ1v) is 16.0. The maximum Gasteiger partial charge on any atom is 0.264 e. The van der Waals surface area contributed by atoms with Crippen LogP contribution in [0.1, 0.15) is 38.7 Å². The molecular weight excluding hydrogens is 628 g/mol. The van der Waals surface area contributed by atoms with Crippen LogP contribution < -0.4 is 9.62 Å². The average Bonchev–Trinajstić information content (AvgIpc) is 2.93. The first-order chi connectivity index (χ1) is 19.5. The minimum atomic E-state index is -4.24. The van der Waals surface area contributed by atoms with Gasteiger partial charge in [-0.15, -0.1) is 0 Å². The smallest absolute Gasteiger partial charge is 0.264 e. The Morgan fingerprint density at radius 1 is 0.878 bits per heavy atom. The standard InChI is InChI=1S/C29H31Cl4N3O4S/c1-3-5-15-34-29(38)27(4-2)35(18-20-9-14-25(32)26(33)16-20)28(37)19-36(23-8-6-7-22(31)17-23)41(39,40)24-12-10-21(30)11-13-24/h6-14,16-17,27H,3-5,15,18-19H2,1-2H3,(H,34,38)/t27-/m0/s1. The van der Waals surface area contributed by atoms with Crippen LogP contribution in [0.5, 0.6) is 0 Å². The SMILES string of the molecule is CCCCNC(=O)[C@H](CC)N(Cc1ccc(Cl)c(Cl)c1)C(=O)CN(c1cccc(Cl)c1)S(=O)(=O)c1ccc(Cl)cc1. The number of carbonyl (C=O) groups is 2. The van der Waals surface area contributed by atoms with Crippen LogP contribution in [-0.2, 0) is 26.2 Å². The Morgan fingerprint density at radius 3 is 2.20 bits per heavy atom. The van der Waals surface area contributed by atoms with Gasteiger partial charge in [-0.05, 0) is 73.0 Å². The van der Waals surface area contributed by atoms with Crippen molar-refractivity contribution in [1.29, 1.82) is 0 Å². The minimum absolute atomic E-state index is 0.000193. The number of benzene rings is 3. The number of nitrogens with zero attached hydrogens (tertiary/aromatic N) is 2. The predicted molar refractivity (Wildman–Crippen MR) is 166 cm³/mol. The summed E-state index contributed by atoms with van der Waals surface area (Å²) in [5.74, 6) is -0.921. The lowest BCUT2D eigenvalue weighted by Crippen LogP contribution is -2.52. The van der Waals surface area contributed by atoms with Gasteiger partial charge in [-0.2, -0.15) is 0 Å². The molecule has 0 radical (unpaired) electrons. The van der Waals surface area contributed by atoms with Crippen LogP contribution in [0.3, 0.4) is 0 Å². The topological polar surface area (TPSA) is 86.8 Å². The highest BCUT2D eigenvalue weighted by Gasteiger charge is 2.33. The average molecular weight is 659 g/mol. The number of amides is 2. The summed E-state index contributed by atoms with van der Waals surface area (Å²) >= 11 is 24.5. The van der Waals surface area contributed by atoms with E-state index >= 15 is 0 Å². The summed E-state index contributed by atoms with van der Waals surface area (Å²) < 4.78 is 28.7. The zero-order chi connectivity index (χ0) is 30.2. The number of halogens is 4. The first kappa shape index (κ1) is 33.0. The summed E-state index contributed by atoms with van der Waals surface area (Å²) in [4.78, 5) is 28.6. The molecule has 3 aromatic carbocycles. The third-order valence-corrected chi connectivity index (χ3v) is 9.34. The summed E-state index contributed by atoms with van der Waals surface area (Å²) in [6.45, 7) is 3.67. The van der Waals surface area contributed by atoms with Crippen molar-refractivity contribution in [2.24, 2.45) is 0 Å². The van der Waals surface area contributed by atoms with E-state index in [0.717, 1.165) is 17.1 Å². The van der Waals surface area contributed by atoms with Crippen molar-refractivity contribution in [3.8, 4) is 0 Å². The lowest BCUT2D eigenvalue weighted by atomic mass is 10.1. The lowest BCUT2D eigenvalue weighted by Gasteiger charge is -2.33. The molecule has 0 spiro atoms. The quantitative estimate of drug-likeness (QED) is 0.197. The predicted octanol–water partition coefficient (Wildman–Crippen LogP) is 7.22. The van der Waals surface area contributed by atoms with Crippen LogP contribution in [0.2, 0.25) is 20.1 Å². The second-order valence-electron chi connectivity index (χ2n) is 9.28. The highest BCUT2D eigenvalue weighted by molar-refractivity contribution is 7.92. The van der Waals surface area contributed by atoms with Gasteiger partial charge in [0.05, 0.1) is 20.6 Å². The molecule has 0 aromatic heterocycles. The van der Waals surface area contributed by atoms with E-state index in [-0.39, 0.29) is 23.0 Å². The van der Waals surface area contributed by atoms with Crippen LogP contribution in [0.15, 0.2) is 71.6 Å². The largest absolute Gasteiger partial charge is 0.354 e. The highest BCUT2D eigenvalue weighted by Crippen LogP contribution is 2.28. The lowest BCUT2D eigenvalue weighted by molar-refractivity contribution is -0.140. The van der Waals surface area contributed by atoms with E-state index in [9.17, 15) is 18.0 Å². The third kappa shape index (κ3) is 8.75. The zero-order valence-corrected chi connectivity index (χ0v) is 26.5. The van der Waals surface area contributed by atoms with Crippen molar-refractivity contribution >= 4 is 73.9 Å². The maximum absolute atomic E-state index is 14.1. The van der Waals surface area contributed by atoms with E-state index in [1.54, 1.807) is 43.3 Å². The van der Waals surface area contributed by atoms with Gasteiger partial charge in [-0.3, -0.25) is 13.9 Å². The van der Waals surface area contributed by atoms with Gasteiger partial charge in [0.2, 0.25) is 11.8 Å². The van der Waals surface area contributed by atoms with Gasteiger partial charge in [-0.1, -0.05) is 78.8 Å². The van der Waals surface area contributed by atoms with Crippen molar-refractivity contribution in [2.45, 2.75) is 50.6 Å². The Kier molecular flexibility index (Phi) is 12.2. The fourth-order valence-electron chi connectivity index (χ4n) is 4.15. The van der Waals surface area contributed by atoms with Gasteiger partial charge >= 0.3 is 0 Å². The van der Waals surface area contributed by atoms with Crippen molar-refractivity contribution in [3.63, 3.8) is 0 Å². The van der Waals surface area contributed by atoms with E-state index < -0.39 is 28.5 Å². The highest BCUT2D eigenvalue weighted by atomic mass is 35.5. The van der Waals surface area contributed by atoms with E-state index in [1.165, 1.54) is 35.2 Å². The van der Waals surface area contributed by atoms with Crippen LogP contribution in [0.4, 0.5) is 5.69 Å². The Balaban J connectivity index is 2.05. The molecular formula is C29H31Cl4N3O4S. The molecule has 41 heavy (non-hydrogen) atoms. The van der Waals surface area contributed by atoms with E-state index in [0.29, 0.717) is 38.6 Å². The molecule has 1 N–H and O–H groups in total. The zero-order valence-electron chi connectivity index (χ0n) is 22.6. The van der Waals surface area contributed by atoms with Crippen molar-refractivity contribution in [2.75, 3.05) is 17.4 Å². The second kappa shape index (κ2) is 15.1. The summed E-state index contributed by atoms with van der Waals surface area (Å²) in [7, 11) is -4.24. The molecule has 220 valence electrons. The van der Waals surface area contributed by atoms with Crippen LogP contribution in [0, 0.1) is 0 Å². The van der Waals surface area contributed by atoms with E-state index in [2.05, 4.69) is 5.32 Å². The number of carbonyl (C=O) groups excluding carboxylic acids is 2. The fraction of sp³-hybridized carbons (Fsp3) is 0.310. The Bertz CT molecular complexity index is 1470. The number of anilines is 1. The monoisotopic (exact) mass is 657 g/mol. The van der Waals surface area contributed by atoms with Crippen molar-refractivity contribution in [3.05, 3.63) is 92.4 Å². The normalized spacial score (nSPS) is 12.0. The van der Waals surface area contributed by atoms with Crippen molar-refractivity contribution < 1.29 is 18.0 Å². The molecule has 0 aliphatic rings. The van der Waals surface area contributed by atoms with Gasteiger partial charge < -0.3 is 10.2 Å². The summed E-state index contributed by atoms with van der Waals surface area (Å²) in [6, 6.07) is 15.9. The molecule has 7 nitrogen and oxygen atoms in total. The molecule has 0 saturated heterocycles. The van der Waals surface area contributed by atoms with Gasteiger partial charge in [0, 0.05) is 23.1 Å². The molecule has 3 aromatic rings. The molecule has 0 saturated carbocycles. The molecule has 1 atom stereocenters. The molecule has 0 aliphatic carbocycles. The van der Waals surface area contributed by atoms with Crippen LogP contribution in [0.25, 0.3) is 0 Å². The van der Waals surface area contributed by atoms with Gasteiger partial charge in [0.15, 0.2) is 0 Å². The third-order valence-electron chi connectivity index (χ3n) is 6.33. The van der Waals surface area contributed by atoms with Gasteiger partial charge in [-0.25, -0.2) is 8.42 Å². The van der Waals surface area contributed by atoms with Gasteiger partial charge in [0.1, 0.15) is 12.6 Å². The van der Waals surface area contributed by atoms with E-state index in [4.69, 9.17) is 46.4 Å². The Hall–Kier alpha value is -2.49. The number of sulfonamides is 1. The van der Waals surface area contributed by atoms with Gasteiger partial charge in [0.25, 0.3) is 10.0 Å². The fourth-order valence-corrected chi connectivity index (χ4v) is 6.19. The second-order valence-corrected chi connectivity index (χ2v) is 12.8. The van der Waals surface area contributed by atoms with E-state index in [1.807, 2.05) is 6.92 Å². The molecule has 0 bridgehead atoms. The van der Waals surface area contributed by atoms with Crippen LogP contribution >= 0.6 is 46.4 Å². The number of hydrogen-bond donors (Lipinski definition) is 1. The molecule has 0 aliphatic heterocycles. The minimum Gasteiger partial charge on any atom is -0.354 e. The summed E-state index contributed by atoms with van der Waals surface area (Å²) in [5.41, 5.74) is 0.818. The molecule has 12 heteroatoms. The molecule has 0 unspecified atom stereocenters. The van der Waals surface area contributed by atoms with Crippen molar-refractivity contribution in [1.82, 2.24) is 10.2 Å². The molecule has 3 rings (SSSR count).